The fourth-order valence-electron chi connectivity index (χ4n) is 1.51. The average Bonchev–Trinajstić information content (AvgIpc) is 2.44. The maximum Gasteiger partial charge on any atom is 0.214 e. The molecular weight excluding hydrogens is 245 g/mol. The molecule has 2 aromatic rings. The summed E-state index contributed by atoms with van der Waals surface area (Å²) < 4.78 is 12.8. The van der Waals surface area contributed by atoms with Gasteiger partial charge in [-0.1, -0.05) is 6.07 Å². The van der Waals surface area contributed by atoms with Crippen molar-refractivity contribution < 1.29 is 4.39 Å². The van der Waals surface area contributed by atoms with E-state index in [0.29, 0.717) is 30.3 Å². The molecule has 0 aliphatic carbocycles. The van der Waals surface area contributed by atoms with E-state index in [2.05, 4.69) is 26.7 Å². The van der Waals surface area contributed by atoms with Crippen molar-refractivity contribution in [1.82, 2.24) is 9.97 Å². The summed E-state index contributed by atoms with van der Waals surface area (Å²) in [6.07, 6.45) is 1.62. The first-order valence-corrected chi connectivity index (χ1v) is 5.75. The Hall–Kier alpha value is -2.68. The van der Waals surface area contributed by atoms with Gasteiger partial charge in [-0.3, -0.25) is 0 Å². The standard InChI is InChI=1S/C13H12FN5/c14-11-4-1-5-12(19-11)16-7-8-18-13-10(9-15)3-2-6-17-13/h1-6H,7-8H2,(H,16,19)(H,17,18). The minimum atomic E-state index is -0.519. The highest BCUT2D eigenvalue weighted by molar-refractivity contribution is 5.51. The van der Waals surface area contributed by atoms with E-state index < -0.39 is 5.95 Å². The predicted molar refractivity (Wildman–Crippen MR) is 70.1 cm³/mol. The molecule has 0 saturated carbocycles. The summed E-state index contributed by atoms with van der Waals surface area (Å²) in [4.78, 5) is 7.75. The van der Waals surface area contributed by atoms with E-state index in [1.807, 2.05) is 0 Å². The van der Waals surface area contributed by atoms with E-state index in [9.17, 15) is 4.39 Å². The molecule has 6 heteroatoms. The zero-order valence-electron chi connectivity index (χ0n) is 10.1. The third-order valence-corrected chi connectivity index (χ3v) is 2.37. The van der Waals surface area contributed by atoms with Gasteiger partial charge in [0.25, 0.3) is 0 Å². The molecule has 0 spiro atoms. The van der Waals surface area contributed by atoms with Crippen LogP contribution in [-0.4, -0.2) is 23.1 Å². The summed E-state index contributed by atoms with van der Waals surface area (Å²) in [6, 6.07) is 10.0. The molecule has 2 heterocycles. The lowest BCUT2D eigenvalue weighted by Gasteiger charge is -2.08. The van der Waals surface area contributed by atoms with E-state index in [0.717, 1.165) is 0 Å². The van der Waals surface area contributed by atoms with Gasteiger partial charge in [-0.2, -0.15) is 9.65 Å². The monoisotopic (exact) mass is 257 g/mol. The fraction of sp³-hybridized carbons (Fsp3) is 0.154. The van der Waals surface area contributed by atoms with Crippen LogP contribution in [0.5, 0.6) is 0 Å². The molecule has 2 rings (SSSR count). The number of nitrogens with zero attached hydrogens (tertiary/aromatic N) is 3. The molecule has 0 aliphatic rings. The molecule has 0 fully saturated rings. The van der Waals surface area contributed by atoms with Gasteiger partial charge < -0.3 is 10.6 Å². The zero-order valence-corrected chi connectivity index (χ0v) is 10.1. The maximum absolute atomic E-state index is 12.8. The van der Waals surface area contributed by atoms with Gasteiger partial charge in [0.05, 0.1) is 5.56 Å². The summed E-state index contributed by atoms with van der Waals surface area (Å²) in [7, 11) is 0. The van der Waals surface area contributed by atoms with Gasteiger partial charge >= 0.3 is 0 Å². The Morgan fingerprint density at radius 3 is 2.79 bits per heavy atom. The Labute approximate surface area is 110 Å². The maximum atomic E-state index is 12.8. The Morgan fingerprint density at radius 1 is 1.16 bits per heavy atom. The molecule has 0 bridgehead atoms. The van der Waals surface area contributed by atoms with Gasteiger partial charge in [-0.05, 0) is 24.3 Å². The molecular formula is C13H12FN5. The van der Waals surface area contributed by atoms with E-state index in [1.54, 1.807) is 30.5 Å². The lowest BCUT2D eigenvalue weighted by Crippen LogP contribution is -2.15. The van der Waals surface area contributed by atoms with Crippen LogP contribution in [0.4, 0.5) is 16.0 Å². The number of hydrogen-bond acceptors (Lipinski definition) is 5. The summed E-state index contributed by atoms with van der Waals surface area (Å²) in [5, 5.41) is 14.9. The molecule has 2 N–H and O–H groups in total. The Morgan fingerprint density at radius 2 is 2.00 bits per heavy atom. The van der Waals surface area contributed by atoms with Crippen LogP contribution in [0.1, 0.15) is 5.56 Å². The second kappa shape index (κ2) is 6.31. The molecule has 19 heavy (non-hydrogen) atoms. The molecule has 5 nitrogen and oxygen atoms in total. The van der Waals surface area contributed by atoms with Gasteiger partial charge in [0.2, 0.25) is 5.95 Å². The molecule has 2 aromatic heterocycles. The highest BCUT2D eigenvalue weighted by Gasteiger charge is 2.01. The molecule has 0 aromatic carbocycles. The van der Waals surface area contributed by atoms with Crippen molar-refractivity contribution in [2.45, 2.75) is 0 Å². The topological polar surface area (TPSA) is 73.6 Å². The molecule has 0 saturated heterocycles. The first kappa shape index (κ1) is 12.8. The van der Waals surface area contributed by atoms with Crippen LogP contribution in [0.2, 0.25) is 0 Å². The molecule has 0 unspecified atom stereocenters. The smallest absolute Gasteiger partial charge is 0.214 e. The van der Waals surface area contributed by atoms with Crippen LogP contribution in [0.25, 0.3) is 0 Å². The number of nitriles is 1. The van der Waals surface area contributed by atoms with Gasteiger partial charge in [0, 0.05) is 19.3 Å². The lowest BCUT2D eigenvalue weighted by atomic mass is 10.3. The van der Waals surface area contributed by atoms with Crippen LogP contribution in [0.3, 0.4) is 0 Å². The number of rotatable bonds is 5. The highest BCUT2D eigenvalue weighted by atomic mass is 19.1. The van der Waals surface area contributed by atoms with E-state index >= 15 is 0 Å². The van der Waals surface area contributed by atoms with Gasteiger partial charge in [-0.15, -0.1) is 0 Å². The molecule has 0 radical (unpaired) electrons. The molecule has 0 amide bonds. The second-order valence-electron chi connectivity index (χ2n) is 3.71. The van der Waals surface area contributed by atoms with E-state index in [1.165, 1.54) is 6.07 Å². The van der Waals surface area contributed by atoms with Crippen molar-refractivity contribution in [1.29, 1.82) is 5.26 Å². The van der Waals surface area contributed by atoms with Crippen LogP contribution in [0.15, 0.2) is 36.5 Å². The van der Waals surface area contributed by atoms with Gasteiger partial charge in [0.15, 0.2) is 0 Å². The molecule has 0 atom stereocenters. The van der Waals surface area contributed by atoms with Crippen molar-refractivity contribution in [3.63, 3.8) is 0 Å². The quantitative estimate of drug-likeness (QED) is 0.633. The first-order valence-electron chi connectivity index (χ1n) is 5.75. The zero-order chi connectivity index (χ0) is 13.5. The van der Waals surface area contributed by atoms with Crippen LogP contribution >= 0.6 is 0 Å². The third kappa shape index (κ3) is 3.64. The Bertz CT molecular complexity index is 594. The molecule has 96 valence electrons. The van der Waals surface area contributed by atoms with Gasteiger partial charge in [0.1, 0.15) is 17.7 Å². The number of hydrogen-bond donors (Lipinski definition) is 2. The predicted octanol–water partition coefficient (Wildman–Crippen LogP) is 2.01. The van der Waals surface area contributed by atoms with Crippen molar-refractivity contribution in [3.05, 3.63) is 48.0 Å². The van der Waals surface area contributed by atoms with E-state index in [4.69, 9.17) is 5.26 Å². The van der Waals surface area contributed by atoms with Crippen molar-refractivity contribution in [2.75, 3.05) is 23.7 Å². The second-order valence-corrected chi connectivity index (χ2v) is 3.71. The van der Waals surface area contributed by atoms with Crippen LogP contribution in [0, 0.1) is 17.3 Å². The summed E-state index contributed by atoms with van der Waals surface area (Å²) >= 11 is 0. The van der Waals surface area contributed by atoms with Crippen LogP contribution < -0.4 is 10.6 Å². The largest absolute Gasteiger partial charge is 0.368 e. The normalized spacial score (nSPS) is 9.68. The Balaban J connectivity index is 1.83. The summed E-state index contributed by atoms with van der Waals surface area (Å²) in [5.41, 5.74) is 0.492. The first-order chi connectivity index (χ1) is 9.29. The Kier molecular flexibility index (Phi) is 4.24. The minimum absolute atomic E-state index is 0.475. The summed E-state index contributed by atoms with van der Waals surface area (Å²) in [6.45, 7) is 1.09. The average molecular weight is 257 g/mol. The van der Waals surface area contributed by atoms with E-state index in [-0.39, 0.29) is 0 Å². The van der Waals surface area contributed by atoms with Crippen molar-refractivity contribution in [2.24, 2.45) is 0 Å². The third-order valence-electron chi connectivity index (χ3n) is 2.37. The number of pyridine rings is 2. The number of aromatic nitrogens is 2. The van der Waals surface area contributed by atoms with Crippen LogP contribution in [-0.2, 0) is 0 Å². The number of anilines is 2. The van der Waals surface area contributed by atoms with Crippen molar-refractivity contribution >= 4 is 11.6 Å². The molecule has 0 aliphatic heterocycles. The highest BCUT2D eigenvalue weighted by Crippen LogP contribution is 2.09. The lowest BCUT2D eigenvalue weighted by molar-refractivity contribution is 0.585. The summed E-state index contributed by atoms with van der Waals surface area (Å²) in [5.74, 6) is 0.497. The number of nitrogens with one attached hydrogen (secondary N) is 2. The fourth-order valence-corrected chi connectivity index (χ4v) is 1.51. The SMILES string of the molecule is N#Cc1cccnc1NCCNc1cccc(F)n1. The number of halogens is 1. The van der Waals surface area contributed by atoms with Gasteiger partial charge in [-0.25, -0.2) is 9.97 Å². The van der Waals surface area contributed by atoms with Crippen molar-refractivity contribution in [3.8, 4) is 6.07 Å². The minimum Gasteiger partial charge on any atom is -0.368 e.